The molecular formula is C13H11FN2O2. The van der Waals surface area contributed by atoms with E-state index in [9.17, 15) is 14.0 Å². The van der Waals surface area contributed by atoms with Crippen LogP contribution in [0.5, 0.6) is 0 Å². The van der Waals surface area contributed by atoms with Crippen LogP contribution in [-0.4, -0.2) is 16.9 Å². The molecule has 2 N–H and O–H groups in total. The SMILES string of the molecule is O=C(NC1CC1)c1c[nH]c2c(F)cccc2c1=O. The number of fused-ring (bicyclic) bond motifs is 1. The van der Waals surface area contributed by atoms with Gasteiger partial charge in [0.15, 0.2) is 0 Å². The van der Waals surface area contributed by atoms with Gasteiger partial charge >= 0.3 is 0 Å². The molecule has 1 aromatic heterocycles. The van der Waals surface area contributed by atoms with Gasteiger partial charge in [0.1, 0.15) is 11.4 Å². The van der Waals surface area contributed by atoms with Crippen molar-refractivity contribution in [2.24, 2.45) is 0 Å². The first-order valence-electron chi connectivity index (χ1n) is 5.77. The summed E-state index contributed by atoms with van der Waals surface area (Å²) in [6, 6.07) is 4.41. The van der Waals surface area contributed by atoms with E-state index in [0.717, 1.165) is 12.8 Å². The first kappa shape index (κ1) is 11.0. The Morgan fingerprint density at radius 2 is 2.17 bits per heavy atom. The summed E-state index contributed by atoms with van der Waals surface area (Å²) in [7, 11) is 0. The average molecular weight is 246 g/mol. The van der Waals surface area contributed by atoms with Gasteiger partial charge < -0.3 is 10.3 Å². The second-order valence-electron chi connectivity index (χ2n) is 4.44. The molecule has 1 amide bonds. The molecule has 4 nitrogen and oxygen atoms in total. The van der Waals surface area contributed by atoms with Gasteiger partial charge in [0.2, 0.25) is 5.43 Å². The van der Waals surface area contributed by atoms with Crippen molar-refractivity contribution in [1.29, 1.82) is 0 Å². The second kappa shape index (κ2) is 3.94. The van der Waals surface area contributed by atoms with Gasteiger partial charge in [0.25, 0.3) is 5.91 Å². The number of carbonyl (C=O) groups is 1. The molecule has 18 heavy (non-hydrogen) atoms. The summed E-state index contributed by atoms with van der Waals surface area (Å²) in [6.45, 7) is 0. The summed E-state index contributed by atoms with van der Waals surface area (Å²) >= 11 is 0. The molecule has 0 saturated heterocycles. The van der Waals surface area contributed by atoms with E-state index in [2.05, 4.69) is 10.3 Å². The smallest absolute Gasteiger partial charge is 0.256 e. The highest BCUT2D eigenvalue weighted by atomic mass is 19.1. The lowest BCUT2D eigenvalue weighted by atomic mass is 10.1. The van der Waals surface area contributed by atoms with E-state index in [0.29, 0.717) is 0 Å². The fraction of sp³-hybridized carbons (Fsp3) is 0.231. The van der Waals surface area contributed by atoms with Crippen molar-refractivity contribution in [3.63, 3.8) is 0 Å². The number of rotatable bonds is 2. The summed E-state index contributed by atoms with van der Waals surface area (Å²) in [5.41, 5.74) is -0.285. The van der Waals surface area contributed by atoms with E-state index in [1.54, 1.807) is 0 Å². The lowest BCUT2D eigenvalue weighted by Gasteiger charge is -2.04. The Bertz CT molecular complexity index is 689. The fourth-order valence-electron chi connectivity index (χ4n) is 1.87. The normalized spacial score (nSPS) is 14.7. The van der Waals surface area contributed by atoms with Crippen LogP contribution in [0.15, 0.2) is 29.2 Å². The number of amides is 1. The number of halogens is 1. The summed E-state index contributed by atoms with van der Waals surface area (Å²) in [5, 5.41) is 2.93. The minimum absolute atomic E-state index is 0.0278. The number of hydrogen-bond donors (Lipinski definition) is 2. The number of aromatic amines is 1. The van der Waals surface area contributed by atoms with Gasteiger partial charge in [-0.3, -0.25) is 9.59 Å². The van der Waals surface area contributed by atoms with E-state index in [4.69, 9.17) is 0 Å². The number of carbonyl (C=O) groups excluding carboxylic acids is 1. The number of hydrogen-bond acceptors (Lipinski definition) is 2. The van der Waals surface area contributed by atoms with Crippen LogP contribution >= 0.6 is 0 Å². The average Bonchev–Trinajstić information content (AvgIpc) is 3.14. The van der Waals surface area contributed by atoms with Crippen LogP contribution in [0.3, 0.4) is 0 Å². The van der Waals surface area contributed by atoms with Crippen molar-refractivity contribution in [3.05, 3.63) is 46.0 Å². The molecule has 1 heterocycles. The number of H-pyrrole nitrogens is 1. The molecule has 5 heteroatoms. The Kier molecular flexibility index (Phi) is 2.40. The first-order valence-corrected chi connectivity index (χ1v) is 5.77. The highest BCUT2D eigenvalue weighted by molar-refractivity contribution is 5.97. The van der Waals surface area contributed by atoms with Crippen molar-refractivity contribution in [1.82, 2.24) is 10.3 Å². The third kappa shape index (κ3) is 1.77. The molecule has 1 fully saturated rings. The van der Waals surface area contributed by atoms with Crippen LogP contribution in [-0.2, 0) is 0 Å². The van der Waals surface area contributed by atoms with Gasteiger partial charge in [-0.25, -0.2) is 4.39 Å². The molecule has 1 aromatic carbocycles. The number of aromatic nitrogens is 1. The number of nitrogens with one attached hydrogen (secondary N) is 2. The Labute approximate surface area is 102 Å². The fourth-order valence-corrected chi connectivity index (χ4v) is 1.87. The largest absolute Gasteiger partial charge is 0.358 e. The standard InChI is InChI=1S/C13H11FN2O2/c14-10-3-1-2-8-11(10)15-6-9(12(8)17)13(18)16-7-4-5-7/h1-3,6-7H,4-5H2,(H,15,17)(H,16,18). The molecule has 0 spiro atoms. The van der Waals surface area contributed by atoms with Crippen molar-refractivity contribution >= 4 is 16.8 Å². The van der Waals surface area contributed by atoms with E-state index in [1.807, 2.05) is 0 Å². The molecule has 0 radical (unpaired) electrons. The number of para-hydroxylation sites is 1. The van der Waals surface area contributed by atoms with Crippen LogP contribution in [0.2, 0.25) is 0 Å². The van der Waals surface area contributed by atoms with Crippen molar-refractivity contribution < 1.29 is 9.18 Å². The van der Waals surface area contributed by atoms with Gasteiger partial charge in [0, 0.05) is 17.6 Å². The van der Waals surface area contributed by atoms with Crippen LogP contribution in [0.4, 0.5) is 4.39 Å². The number of benzene rings is 1. The molecule has 92 valence electrons. The molecule has 0 aliphatic heterocycles. The summed E-state index contributed by atoms with van der Waals surface area (Å²) in [5.74, 6) is -0.899. The quantitative estimate of drug-likeness (QED) is 0.844. The van der Waals surface area contributed by atoms with E-state index in [1.165, 1.54) is 24.4 Å². The maximum Gasteiger partial charge on any atom is 0.256 e. The van der Waals surface area contributed by atoms with Crippen molar-refractivity contribution in [3.8, 4) is 0 Å². The summed E-state index contributed by atoms with van der Waals surface area (Å²) < 4.78 is 13.4. The van der Waals surface area contributed by atoms with Gasteiger partial charge in [0.05, 0.1) is 5.52 Å². The van der Waals surface area contributed by atoms with Gasteiger partial charge in [-0.15, -0.1) is 0 Å². The Hall–Kier alpha value is -2.17. The van der Waals surface area contributed by atoms with Crippen LogP contribution in [0, 0.1) is 5.82 Å². The maximum absolute atomic E-state index is 13.4. The maximum atomic E-state index is 13.4. The monoisotopic (exact) mass is 246 g/mol. The zero-order valence-electron chi connectivity index (χ0n) is 9.50. The third-order valence-corrected chi connectivity index (χ3v) is 3.02. The van der Waals surface area contributed by atoms with E-state index < -0.39 is 17.2 Å². The molecule has 0 atom stereocenters. The first-order chi connectivity index (χ1) is 8.66. The second-order valence-corrected chi connectivity index (χ2v) is 4.44. The Morgan fingerprint density at radius 3 is 2.89 bits per heavy atom. The van der Waals surface area contributed by atoms with E-state index in [-0.39, 0.29) is 22.5 Å². The lowest BCUT2D eigenvalue weighted by Crippen LogP contribution is -2.30. The zero-order chi connectivity index (χ0) is 12.7. The Balaban J connectivity index is 2.11. The van der Waals surface area contributed by atoms with Crippen molar-refractivity contribution in [2.75, 3.05) is 0 Å². The highest BCUT2D eigenvalue weighted by Crippen LogP contribution is 2.19. The van der Waals surface area contributed by atoms with Crippen LogP contribution < -0.4 is 10.7 Å². The minimum Gasteiger partial charge on any atom is -0.358 e. The molecular weight excluding hydrogens is 235 g/mol. The topological polar surface area (TPSA) is 62.0 Å². The van der Waals surface area contributed by atoms with E-state index >= 15 is 0 Å². The van der Waals surface area contributed by atoms with Crippen LogP contribution in [0.25, 0.3) is 10.9 Å². The molecule has 0 bridgehead atoms. The molecule has 2 aromatic rings. The summed E-state index contributed by atoms with van der Waals surface area (Å²) in [4.78, 5) is 26.6. The summed E-state index contributed by atoms with van der Waals surface area (Å²) in [6.07, 6.45) is 3.17. The number of pyridine rings is 1. The molecule has 3 rings (SSSR count). The minimum atomic E-state index is -0.501. The van der Waals surface area contributed by atoms with Gasteiger partial charge in [-0.2, -0.15) is 0 Å². The molecule has 1 aliphatic carbocycles. The van der Waals surface area contributed by atoms with Gasteiger partial charge in [-0.1, -0.05) is 6.07 Å². The van der Waals surface area contributed by atoms with Crippen LogP contribution in [0.1, 0.15) is 23.2 Å². The predicted molar refractivity (Wildman–Crippen MR) is 65.0 cm³/mol. The van der Waals surface area contributed by atoms with Gasteiger partial charge in [-0.05, 0) is 25.0 Å². The lowest BCUT2D eigenvalue weighted by molar-refractivity contribution is 0.0950. The molecule has 0 unspecified atom stereocenters. The predicted octanol–water partition coefficient (Wildman–Crippen LogP) is 1.56. The highest BCUT2D eigenvalue weighted by Gasteiger charge is 2.25. The zero-order valence-corrected chi connectivity index (χ0v) is 9.50. The Morgan fingerprint density at radius 1 is 1.39 bits per heavy atom. The van der Waals surface area contributed by atoms with Crippen molar-refractivity contribution in [2.45, 2.75) is 18.9 Å². The molecule has 1 saturated carbocycles. The third-order valence-electron chi connectivity index (χ3n) is 3.02. The molecule has 1 aliphatic rings.